The van der Waals surface area contributed by atoms with Crippen molar-refractivity contribution in [2.45, 2.75) is 26.2 Å². The molecule has 2 aromatic rings. The smallest absolute Gasteiger partial charge is 0.339 e. The van der Waals surface area contributed by atoms with Crippen molar-refractivity contribution in [2.75, 3.05) is 26.2 Å². The first-order valence-corrected chi connectivity index (χ1v) is 9.06. The number of hydrogen-bond acceptors (Lipinski definition) is 3. The SMILES string of the molecule is Cc1cccc(CN2CCN(C(=O)Cn3cc(C(F)(F)F)ccc3=O)CC2)c1. The van der Waals surface area contributed by atoms with Crippen molar-refractivity contribution in [1.29, 1.82) is 0 Å². The Kier molecular flexibility index (Phi) is 5.88. The van der Waals surface area contributed by atoms with Crippen LogP contribution in [0.5, 0.6) is 0 Å². The van der Waals surface area contributed by atoms with Crippen LogP contribution in [0, 0.1) is 6.92 Å². The summed E-state index contributed by atoms with van der Waals surface area (Å²) < 4.78 is 39.3. The van der Waals surface area contributed by atoms with Gasteiger partial charge < -0.3 is 9.47 Å². The molecule has 1 aromatic carbocycles. The Hall–Kier alpha value is -2.61. The van der Waals surface area contributed by atoms with Crippen molar-refractivity contribution in [3.63, 3.8) is 0 Å². The fraction of sp³-hybridized carbons (Fsp3) is 0.400. The van der Waals surface area contributed by atoms with Gasteiger partial charge in [-0.25, -0.2) is 0 Å². The predicted molar refractivity (Wildman–Crippen MR) is 98.7 cm³/mol. The average Bonchev–Trinajstić information content (AvgIpc) is 2.63. The molecule has 28 heavy (non-hydrogen) atoms. The molecule has 1 aliphatic heterocycles. The summed E-state index contributed by atoms with van der Waals surface area (Å²) in [6.07, 6.45) is -3.85. The van der Waals surface area contributed by atoms with Crippen molar-refractivity contribution in [3.05, 3.63) is 69.6 Å². The van der Waals surface area contributed by atoms with E-state index in [-0.39, 0.29) is 12.5 Å². The molecule has 1 saturated heterocycles. The molecule has 1 aliphatic rings. The van der Waals surface area contributed by atoms with E-state index in [9.17, 15) is 22.8 Å². The maximum atomic E-state index is 12.8. The highest BCUT2D eigenvalue weighted by Gasteiger charge is 2.31. The number of pyridine rings is 1. The molecule has 1 fully saturated rings. The topological polar surface area (TPSA) is 45.5 Å². The highest BCUT2D eigenvalue weighted by Crippen LogP contribution is 2.28. The summed E-state index contributed by atoms with van der Waals surface area (Å²) in [5.41, 5.74) is 0.829. The maximum absolute atomic E-state index is 12.8. The van der Waals surface area contributed by atoms with Crippen LogP contribution >= 0.6 is 0 Å². The van der Waals surface area contributed by atoms with Gasteiger partial charge in [-0.1, -0.05) is 29.8 Å². The van der Waals surface area contributed by atoms with Crippen LogP contribution in [-0.2, 0) is 24.1 Å². The third-order valence-electron chi connectivity index (χ3n) is 4.83. The van der Waals surface area contributed by atoms with E-state index in [0.717, 1.165) is 23.2 Å². The first-order chi connectivity index (χ1) is 13.2. The fourth-order valence-corrected chi connectivity index (χ4v) is 3.29. The lowest BCUT2D eigenvalue weighted by Gasteiger charge is -2.35. The Balaban J connectivity index is 1.58. The Bertz CT molecular complexity index is 900. The minimum atomic E-state index is -4.56. The van der Waals surface area contributed by atoms with Gasteiger partial charge in [-0.2, -0.15) is 13.2 Å². The van der Waals surface area contributed by atoms with Crippen molar-refractivity contribution in [1.82, 2.24) is 14.4 Å². The summed E-state index contributed by atoms with van der Waals surface area (Å²) in [6.45, 7) is 4.76. The van der Waals surface area contributed by atoms with Crippen LogP contribution in [0.2, 0.25) is 0 Å². The van der Waals surface area contributed by atoms with Crippen LogP contribution in [-0.4, -0.2) is 46.5 Å². The summed E-state index contributed by atoms with van der Waals surface area (Å²) in [6, 6.07) is 9.80. The van der Waals surface area contributed by atoms with Crippen LogP contribution in [0.4, 0.5) is 13.2 Å². The molecule has 8 heteroatoms. The van der Waals surface area contributed by atoms with E-state index < -0.39 is 17.3 Å². The van der Waals surface area contributed by atoms with E-state index >= 15 is 0 Å². The van der Waals surface area contributed by atoms with E-state index in [4.69, 9.17) is 0 Å². The van der Waals surface area contributed by atoms with E-state index in [1.165, 1.54) is 11.1 Å². The Labute approximate surface area is 161 Å². The highest BCUT2D eigenvalue weighted by molar-refractivity contribution is 5.76. The number of alkyl halides is 3. The van der Waals surface area contributed by atoms with Crippen LogP contribution in [0.25, 0.3) is 0 Å². The number of halogens is 3. The van der Waals surface area contributed by atoms with Crippen LogP contribution in [0.15, 0.2) is 47.4 Å². The van der Waals surface area contributed by atoms with Gasteiger partial charge in [-0.05, 0) is 18.6 Å². The molecule has 2 heterocycles. The lowest BCUT2D eigenvalue weighted by atomic mass is 10.1. The van der Waals surface area contributed by atoms with Crippen LogP contribution < -0.4 is 5.56 Å². The second-order valence-electron chi connectivity index (χ2n) is 7.03. The van der Waals surface area contributed by atoms with Gasteiger partial charge in [0.15, 0.2) is 0 Å². The van der Waals surface area contributed by atoms with Crippen LogP contribution in [0.1, 0.15) is 16.7 Å². The van der Waals surface area contributed by atoms with Crippen molar-refractivity contribution in [2.24, 2.45) is 0 Å². The molecule has 0 spiro atoms. The molecular weight excluding hydrogens is 371 g/mol. The summed E-state index contributed by atoms with van der Waals surface area (Å²) in [4.78, 5) is 28.1. The van der Waals surface area contributed by atoms with Crippen molar-refractivity contribution < 1.29 is 18.0 Å². The number of amides is 1. The zero-order valence-corrected chi connectivity index (χ0v) is 15.6. The predicted octanol–water partition coefficient (Wildman–Crippen LogP) is 2.52. The second-order valence-corrected chi connectivity index (χ2v) is 7.03. The molecule has 0 saturated carbocycles. The van der Waals surface area contributed by atoms with Gasteiger partial charge in [0.1, 0.15) is 6.54 Å². The third-order valence-corrected chi connectivity index (χ3v) is 4.83. The molecule has 150 valence electrons. The number of rotatable bonds is 4. The number of carbonyl (C=O) groups is 1. The first kappa shape index (κ1) is 20.1. The number of piperazine rings is 1. The lowest BCUT2D eigenvalue weighted by molar-refractivity contribution is -0.139. The minimum Gasteiger partial charge on any atom is -0.339 e. The molecule has 0 N–H and O–H groups in total. The number of hydrogen-bond donors (Lipinski definition) is 0. The number of benzene rings is 1. The molecule has 0 unspecified atom stereocenters. The molecule has 0 atom stereocenters. The second kappa shape index (κ2) is 8.18. The van der Waals surface area contributed by atoms with E-state index in [1.54, 1.807) is 4.90 Å². The summed E-state index contributed by atoms with van der Waals surface area (Å²) >= 11 is 0. The Morgan fingerprint density at radius 3 is 2.43 bits per heavy atom. The van der Waals surface area contributed by atoms with Gasteiger partial charge >= 0.3 is 6.18 Å². The summed E-state index contributed by atoms with van der Waals surface area (Å²) in [5, 5.41) is 0. The third kappa shape index (κ3) is 5.01. The molecule has 5 nitrogen and oxygen atoms in total. The molecule has 0 bridgehead atoms. The molecule has 1 amide bonds. The van der Waals surface area contributed by atoms with Gasteiger partial charge in [0.25, 0.3) is 5.56 Å². The quantitative estimate of drug-likeness (QED) is 0.802. The lowest BCUT2D eigenvalue weighted by Crippen LogP contribution is -2.49. The minimum absolute atomic E-state index is 0.350. The van der Waals surface area contributed by atoms with Gasteiger partial charge in [-0.15, -0.1) is 0 Å². The molecule has 3 rings (SSSR count). The average molecular weight is 393 g/mol. The highest BCUT2D eigenvalue weighted by atomic mass is 19.4. The van der Waals surface area contributed by atoms with Crippen molar-refractivity contribution in [3.8, 4) is 0 Å². The van der Waals surface area contributed by atoms with Gasteiger partial charge in [0, 0.05) is 45.0 Å². The van der Waals surface area contributed by atoms with Crippen molar-refractivity contribution >= 4 is 5.91 Å². The maximum Gasteiger partial charge on any atom is 0.417 e. The summed E-state index contributed by atoms with van der Waals surface area (Å²) in [7, 11) is 0. The first-order valence-electron chi connectivity index (χ1n) is 9.06. The van der Waals surface area contributed by atoms with E-state index in [2.05, 4.69) is 17.0 Å². The zero-order valence-electron chi connectivity index (χ0n) is 15.6. The summed E-state index contributed by atoms with van der Waals surface area (Å²) in [5.74, 6) is -0.350. The largest absolute Gasteiger partial charge is 0.417 e. The number of aryl methyl sites for hydroxylation is 1. The zero-order chi connectivity index (χ0) is 20.3. The Morgan fingerprint density at radius 2 is 1.79 bits per heavy atom. The standard InChI is InChI=1S/C20H22F3N3O2/c1-15-3-2-4-16(11-15)12-24-7-9-25(10-8-24)19(28)14-26-13-17(20(21,22)23)5-6-18(26)27/h2-6,11,13H,7-10,12,14H2,1H3. The number of aromatic nitrogens is 1. The molecular formula is C20H22F3N3O2. The number of carbonyl (C=O) groups excluding carboxylic acids is 1. The normalized spacial score (nSPS) is 15.6. The van der Waals surface area contributed by atoms with Gasteiger partial charge in [0.2, 0.25) is 5.91 Å². The van der Waals surface area contributed by atoms with Crippen LogP contribution in [0.3, 0.4) is 0 Å². The monoisotopic (exact) mass is 393 g/mol. The number of nitrogens with zero attached hydrogens (tertiary/aromatic N) is 3. The molecule has 0 aliphatic carbocycles. The molecule has 1 aromatic heterocycles. The van der Waals surface area contributed by atoms with Gasteiger partial charge in [-0.3, -0.25) is 14.5 Å². The Morgan fingerprint density at radius 1 is 1.07 bits per heavy atom. The van der Waals surface area contributed by atoms with E-state index in [1.807, 2.05) is 19.1 Å². The molecule has 0 radical (unpaired) electrons. The van der Waals surface area contributed by atoms with Gasteiger partial charge in [0.05, 0.1) is 5.56 Å². The van der Waals surface area contributed by atoms with E-state index in [0.29, 0.717) is 32.4 Å². The fourth-order valence-electron chi connectivity index (χ4n) is 3.29.